The first kappa shape index (κ1) is 21.4. The molecule has 0 bridgehead atoms. The Bertz CT molecular complexity index is 880. The summed E-state index contributed by atoms with van der Waals surface area (Å²) >= 11 is 0. The molecule has 2 amide bonds. The van der Waals surface area contributed by atoms with Crippen molar-refractivity contribution < 1.29 is 32.2 Å². The maximum Gasteiger partial charge on any atom is 0.573 e. The summed E-state index contributed by atoms with van der Waals surface area (Å²) in [7, 11) is 0. The van der Waals surface area contributed by atoms with Crippen LogP contribution in [0, 0.1) is 5.21 Å². The molecule has 1 fully saturated rings. The van der Waals surface area contributed by atoms with E-state index in [1.807, 2.05) is 4.90 Å². The van der Waals surface area contributed by atoms with E-state index in [2.05, 4.69) is 10.1 Å². The Morgan fingerprint density at radius 3 is 2.20 bits per heavy atom. The Morgan fingerprint density at radius 2 is 1.63 bits per heavy atom. The van der Waals surface area contributed by atoms with E-state index >= 15 is 0 Å². The van der Waals surface area contributed by atoms with E-state index in [0.29, 0.717) is 42.2 Å². The van der Waals surface area contributed by atoms with Gasteiger partial charge in [0.2, 0.25) is 5.91 Å². The summed E-state index contributed by atoms with van der Waals surface area (Å²) in [4.78, 5) is 28.1. The van der Waals surface area contributed by atoms with E-state index in [4.69, 9.17) is 0 Å². The van der Waals surface area contributed by atoms with Crippen LogP contribution in [0.4, 0.5) is 18.9 Å². The standard InChI is InChI=1S/C19H19F3N4O4/c20-19(21,22)30-16-3-1-15(2-4-16)23-17(27)13-24-9-11-25(12-10-24)18(28)14-5-7-26(29)8-6-14/h1-8H,9-13H2,(H,23,27). The van der Waals surface area contributed by atoms with Crippen LogP contribution < -0.4 is 14.8 Å². The van der Waals surface area contributed by atoms with Gasteiger partial charge in [0, 0.05) is 44.0 Å². The van der Waals surface area contributed by atoms with Crippen LogP contribution in [0.3, 0.4) is 0 Å². The zero-order valence-electron chi connectivity index (χ0n) is 15.8. The largest absolute Gasteiger partial charge is 0.619 e. The van der Waals surface area contributed by atoms with E-state index in [1.165, 1.54) is 36.7 Å². The molecule has 0 saturated carbocycles. The highest BCUT2D eigenvalue weighted by molar-refractivity contribution is 5.94. The molecule has 1 aliphatic rings. The minimum Gasteiger partial charge on any atom is -0.619 e. The molecule has 30 heavy (non-hydrogen) atoms. The lowest BCUT2D eigenvalue weighted by atomic mass is 10.2. The molecule has 160 valence electrons. The quantitative estimate of drug-likeness (QED) is 0.582. The van der Waals surface area contributed by atoms with Crippen LogP contribution in [-0.2, 0) is 4.79 Å². The molecule has 1 saturated heterocycles. The van der Waals surface area contributed by atoms with Gasteiger partial charge in [-0.2, -0.15) is 4.73 Å². The summed E-state index contributed by atoms with van der Waals surface area (Å²) in [6, 6.07) is 7.79. The number of ether oxygens (including phenoxy) is 1. The minimum absolute atomic E-state index is 0.0877. The van der Waals surface area contributed by atoms with Gasteiger partial charge in [-0.25, -0.2) is 0 Å². The van der Waals surface area contributed by atoms with Gasteiger partial charge in [0.15, 0.2) is 12.4 Å². The average Bonchev–Trinajstić information content (AvgIpc) is 2.69. The molecule has 3 rings (SSSR count). The molecule has 0 unspecified atom stereocenters. The number of nitrogens with zero attached hydrogens (tertiary/aromatic N) is 3. The first-order chi connectivity index (χ1) is 14.2. The van der Waals surface area contributed by atoms with Crippen molar-refractivity contribution in [3.63, 3.8) is 0 Å². The Morgan fingerprint density at radius 1 is 1.03 bits per heavy atom. The molecule has 1 aliphatic heterocycles. The topological polar surface area (TPSA) is 88.8 Å². The molecule has 2 heterocycles. The Labute approximate surface area is 170 Å². The van der Waals surface area contributed by atoms with E-state index in [0.717, 1.165) is 12.1 Å². The number of carbonyl (C=O) groups is 2. The van der Waals surface area contributed by atoms with Crippen LogP contribution >= 0.6 is 0 Å². The maximum atomic E-state index is 12.4. The van der Waals surface area contributed by atoms with Crippen LogP contribution in [0.15, 0.2) is 48.8 Å². The summed E-state index contributed by atoms with van der Waals surface area (Å²) in [5, 5.41) is 13.7. The summed E-state index contributed by atoms with van der Waals surface area (Å²) in [6.07, 6.45) is -2.25. The highest BCUT2D eigenvalue weighted by atomic mass is 19.4. The van der Waals surface area contributed by atoms with Crippen molar-refractivity contribution in [2.24, 2.45) is 0 Å². The molecule has 1 aromatic carbocycles. The number of hydrogen-bond donors (Lipinski definition) is 1. The number of rotatable bonds is 5. The van der Waals surface area contributed by atoms with Gasteiger partial charge in [0.25, 0.3) is 5.91 Å². The predicted octanol–water partition coefficient (Wildman–Crippen LogP) is 1.62. The SMILES string of the molecule is O=C(CN1CCN(C(=O)c2cc[n+]([O-])cc2)CC1)Nc1ccc(OC(F)(F)F)cc1. The van der Waals surface area contributed by atoms with Gasteiger partial charge in [-0.05, 0) is 24.3 Å². The third-order valence-electron chi connectivity index (χ3n) is 4.45. The smallest absolute Gasteiger partial charge is 0.573 e. The summed E-state index contributed by atoms with van der Waals surface area (Å²) in [5.74, 6) is -0.868. The van der Waals surface area contributed by atoms with Crippen molar-refractivity contribution in [3.05, 3.63) is 59.6 Å². The van der Waals surface area contributed by atoms with E-state index < -0.39 is 6.36 Å². The first-order valence-corrected chi connectivity index (χ1v) is 9.06. The van der Waals surface area contributed by atoms with Crippen molar-refractivity contribution in [3.8, 4) is 5.75 Å². The second kappa shape index (κ2) is 8.99. The summed E-state index contributed by atoms with van der Waals surface area (Å²) in [5.41, 5.74) is 0.772. The van der Waals surface area contributed by atoms with Gasteiger partial charge in [0.1, 0.15) is 5.75 Å². The second-order valence-electron chi connectivity index (χ2n) is 6.64. The fourth-order valence-electron chi connectivity index (χ4n) is 2.99. The van der Waals surface area contributed by atoms with Crippen LogP contribution in [0.5, 0.6) is 5.75 Å². The Hall–Kier alpha value is -3.34. The highest BCUT2D eigenvalue weighted by Crippen LogP contribution is 2.24. The molecule has 2 aromatic rings. The van der Waals surface area contributed by atoms with E-state index in [-0.39, 0.29) is 24.1 Å². The van der Waals surface area contributed by atoms with Crippen LogP contribution in [-0.4, -0.2) is 60.7 Å². The maximum absolute atomic E-state index is 12.4. The minimum atomic E-state index is -4.77. The summed E-state index contributed by atoms with van der Waals surface area (Å²) < 4.78 is 40.9. The molecule has 0 radical (unpaired) electrons. The lowest BCUT2D eigenvalue weighted by molar-refractivity contribution is -0.605. The number of carbonyl (C=O) groups excluding carboxylic acids is 2. The molecular formula is C19H19F3N4O4. The zero-order chi connectivity index (χ0) is 21.7. The van der Waals surface area contributed by atoms with Crippen molar-refractivity contribution in [2.45, 2.75) is 6.36 Å². The van der Waals surface area contributed by atoms with Gasteiger partial charge >= 0.3 is 6.36 Å². The van der Waals surface area contributed by atoms with Gasteiger partial charge in [-0.15, -0.1) is 13.2 Å². The monoisotopic (exact) mass is 424 g/mol. The number of aromatic nitrogens is 1. The lowest BCUT2D eigenvalue weighted by Gasteiger charge is -2.34. The molecule has 0 aliphatic carbocycles. The third kappa shape index (κ3) is 6.08. The van der Waals surface area contributed by atoms with Crippen molar-refractivity contribution in [1.29, 1.82) is 0 Å². The molecular weight excluding hydrogens is 405 g/mol. The number of anilines is 1. The Balaban J connectivity index is 1.45. The number of pyridine rings is 1. The average molecular weight is 424 g/mol. The fraction of sp³-hybridized carbons (Fsp3) is 0.316. The lowest BCUT2D eigenvalue weighted by Crippen LogP contribution is -2.50. The molecule has 1 aromatic heterocycles. The first-order valence-electron chi connectivity index (χ1n) is 9.06. The van der Waals surface area contributed by atoms with Gasteiger partial charge in [-0.3, -0.25) is 14.5 Å². The molecule has 0 atom stereocenters. The zero-order valence-corrected chi connectivity index (χ0v) is 15.8. The molecule has 8 nitrogen and oxygen atoms in total. The Kier molecular flexibility index (Phi) is 6.40. The predicted molar refractivity (Wildman–Crippen MR) is 99.5 cm³/mol. The van der Waals surface area contributed by atoms with Crippen LogP contribution in [0.2, 0.25) is 0 Å². The normalized spacial score (nSPS) is 15.0. The number of nitrogens with one attached hydrogen (secondary N) is 1. The van der Waals surface area contributed by atoms with Crippen LogP contribution in [0.1, 0.15) is 10.4 Å². The molecule has 0 spiro atoms. The molecule has 1 N–H and O–H groups in total. The number of halogens is 3. The number of amides is 2. The number of alkyl halides is 3. The van der Waals surface area contributed by atoms with Crippen molar-refractivity contribution >= 4 is 17.5 Å². The second-order valence-corrected chi connectivity index (χ2v) is 6.64. The van der Waals surface area contributed by atoms with Gasteiger partial charge in [0.05, 0.1) is 12.1 Å². The number of benzene rings is 1. The van der Waals surface area contributed by atoms with Gasteiger partial charge in [-0.1, -0.05) is 0 Å². The highest BCUT2D eigenvalue weighted by Gasteiger charge is 2.31. The summed E-state index contributed by atoms with van der Waals surface area (Å²) in [6.45, 7) is 1.94. The van der Waals surface area contributed by atoms with E-state index in [9.17, 15) is 28.0 Å². The van der Waals surface area contributed by atoms with Crippen molar-refractivity contribution in [2.75, 3.05) is 38.0 Å². The van der Waals surface area contributed by atoms with E-state index in [1.54, 1.807) is 4.90 Å². The number of hydrogen-bond acceptors (Lipinski definition) is 5. The van der Waals surface area contributed by atoms with Crippen molar-refractivity contribution in [1.82, 2.24) is 9.80 Å². The molecule has 11 heteroatoms. The fourth-order valence-corrected chi connectivity index (χ4v) is 2.99. The van der Waals surface area contributed by atoms with Gasteiger partial charge < -0.3 is 20.2 Å². The third-order valence-corrected chi connectivity index (χ3v) is 4.45. The number of piperazine rings is 1. The van der Waals surface area contributed by atoms with Crippen LogP contribution in [0.25, 0.3) is 0 Å².